The quantitative estimate of drug-likeness (QED) is 0.437. The molecule has 0 atom stereocenters. The van der Waals surface area contributed by atoms with Crippen LogP contribution in [0.2, 0.25) is 0 Å². The first-order valence-electron chi connectivity index (χ1n) is 8.00. The van der Waals surface area contributed by atoms with Crippen molar-refractivity contribution >= 4 is 11.9 Å². The van der Waals surface area contributed by atoms with E-state index in [2.05, 4.69) is 30.4 Å². The molecular formula is C14H26ClLiN6. The Morgan fingerprint density at radius 1 is 0.682 bits per heavy atom. The van der Waals surface area contributed by atoms with Crippen molar-refractivity contribution in [3.8, 4) is 0 Å². The van der Waals surface area contributed by atoms with Crippen LogP contribution in [-0.2, 0) is 0 Å². The van der Waals surface area contributed by atoms with Crippen LogP contribution in [0.4, 0.5) is 0 Å². The van der Waals surface area contributed by atoms with Gasteiger partial charge in [0.1, 0.15) is 0 Å². The van der Waals surface area contributed by atoms with Crippen LogP contribution in [0.25, 0.3) is 0 Å². The summed E-state index contributed by atoms with van der Waals surface area (Å²) in [6, 6.07) is 0. The van der Waals surface area contributed by atoms with Gasteiger partial charge in [-0.05, 0) is 25.7 Å². The van der Waals surface area contributed by atoms with Crippen LogP contribution in [0, 0.1) is 0 Å². The first kappa shape index (κ1) is 19.5. The molecule has 4 rings (SSSR count). The van der Waals surface area contributed by atoms with E-state index < -0.39 is 0 Å². The first-order chi connectivity index (χ1) is 9.93. The van der Waals surface area contributed by atoms with Gasteiger partial charge in [0.2, 0.25) is 0 Å². The van der Waals surface area contributed by atoms with Gasteiger partial charge < -0.3 is 32.8 Å². The summed E-state index contributed by atoms with van der Waals surface area (Å²) in [4.78, 5) is 13.4. The number of rotatable bonds is 0. The van der Waals surface area contributed by atoms with Crippen molar-refractivity contribution < 1.29 is 31.3 Å². The Balaban J connectivity index is 0.000000202. The third-order valence-corrected chi connectivity index (χ3v) is 4.07. The average molecular weight is 321 g/mol. The predicted octanol–water partition coefficient (Wildman–Crippen LogP) is -5.91. The van der Waals surface area contributed by atoms with E-state index in [1.54, 1.807) is 0 Å². The minimum atomic E-state index is 0. The molecule has 0 unspecified atom stereocenters. The van der Waals surface area contributed by atoms with E-state index in [-0.39, 0.29) is 31.3 Å². The van der Waals surface area contributed by atoms with Gasteiger partial charge in [0.15, 0.2) is 11.9 Å². The molecule has 0 spiro atoms. The van der Waals surface area contributed by atoms with Crippen LogP contribution in [0.3, 0.4) is 0 Å². The van der Waals surface area contributed by atoms with Crippen LogP contribution in [0.5, 0.6) is 0 Å². The maximum absolute atomic E-state index is 4.38. The molecule has 4 aliphatic heterocycles. The van der Waals surface area contributed by atoms with Gasteiger partial charge in [0.25, 0.3) is 0 Å². The van der Waals surface area contributed by atoms with Crippen molar-refractivity contribution in [2.45, 2.75) is 25.7 Å². The van der Waals surface area contributed by atoms with E-state index >= 15 is 0 Å². The van der Waals surface area contributed by atoms with Gasteiger partial charge in [0.05, 0.1) is 0 Å². The van der Waals surface area contributed by atoms with Gasteiger partial charge in [0, 0.05) is 52.4 Å². The van der Waals surface area contributed by atoms with Gasteiger partial charge >= 0.3 is 18.9 Å². The average Bonchev–Trinajstić information content (AvgIpc) is 2.56. The third-order valence-electron chi connectivity index (χ3n) is 4.07. The van der Waals surface area contributed by atoms with Gasteiger partial charge in [-0.25, -0.2) is 0 Å². The molecule has 0 aromatic heterocycles. The summed E-state index contributed by atoms with van der Waals surface area (Å²) < 4.78 is 0. The Morgan fingerprint density at radius 3 is 1.50 bits per heavy atom. The van der Waals surface area contributed by atoms with E-state index in [0.717, 1.165) is 38.1 Å². The number of hydrogen-bond acceptors (Lipinski definition) is 6. The summed E-state index contributed by atoms with van der Waals surface area (Å²) in [6.07, 6.45) is 4.98. The first-order valence-corrected chi connectivity index (χ1v) is 8.00. The Bertz CT molecular complexity index is 354. The summed E-state index contributed by atoms with van der Waals surface area (Å²) in [7, 11) is 0. The van der Waals surface area contributed by atoms with Crippen molar-refractivity contribution in [1.29, 1.82) is 0 Å². The van der Waals surface area contributed by atoms with Crippen LogP contribution in [0.15, 0.2) is 9.98 Å². The molecule has 0 aliphatic carbocycles. The molecule has 0 saturated carbocycles. The summed E-state index contributed by atoms with van der Waals surface area (Å²) in [5.41, 5.74) is 0. The smallest absolute Gasteiger partial charge is 1.00 e. The fourth-order valence-electron chi connectivity index (χ4n) is 3.02. The maximum atomic E-state index is 4.38. The Labute approximate surface area is 151 Å². The van der Waals surface area contributed by atoms with Crippen molar-refractivity contribution in [1.82, 2.24) is 20.4 Å². The summed E-state index contributed by atoms with van der Waals surface area (Å²) in [5, 5.41) is 6.59. The van der Waals surface area contributed by atoms with Crippen molar-refractivity contribution in [2.24, 2.45) is 9.98 Å². The minimum absolute atomic E-state index is 0. The number of nitrogens with zero attached hydrogens (tertiary/aromatic N) is 4. The number of fused-ring (bicyclic) bond motifs is 2. The maximum Gasteiger partial charge on any atom is 1.00 e. The van der Waals surface area contributed by atoms with Crippen LogP contribution in [0.1, 0.15) is 25.7 Å². The number of hydrogen-bond donors (Lipinski definition) is 2. The van der Waals surface area contributed by atoms with Gasteiger partial charge in [-0.15, -0.1) is 0 Å². The molecule has 4 heterocycles. The molecular weight excluding hydrogens is 295 g/mol. The zero-order chi connectivity index (χ0) is 13.6. The van der Waals surface area contributed by atoms with E-state index in [1.807, 2.05) is 0 Å². The molecule has 120 valence electrons. The predicted molar refractivity (Wildman–Crippen MR) is 82.2 cm³/mol. The standard InChI is InChI=1S/2C7H13N3.ClH.Li/c2*1-3-8-7-9-4-2-6-10(7)5-1;;/h2*1-6H2,(H,8,9);1H;/q;;;+1/p-1. The van der Waals surface area contributed by atoms with E-state index in [4.69, 9.17) is 0 Å². The molecule has 6 nitrogen and oxygen atoms in total. The molecule has 22 heavy (non-hydrogen) atoms. The van der Waals surface area contributed by atoms with Crippen molar-refractivity contribution in [3.05, 3.63) is 0 Å². The number of halogens is 1. The van der Waals surface area contributed by atoms with E-state index in [9.17, 15) is 0 Å². The summed E-state index contributed by atoms with van der Waals surface area (Å²) in [6.45, 7) is 9.04. The molecule has 2 fully saturated rings. The van der Waals surface area contributed by atoms with Crippen LogP contribution >= 0.6 is 0 Å². The second kappa shape index (κ2) is 10.2. The molecule has 2 N–H and O–H groups in total. The summed E-state index contributed by atoms with van der Waals surface area (Å²) >= 11 is 0. The van der Waals surface area contributed by atoms with Gasteiger partial charge in [-0.1, -0.05) is 0 Å². The van der Waals surface area contributed by atoms with Crippen LogP contribution in [-0.4, -0.2) is 74.1 Å². The molecule has 0 bridgehead atoms. The second-order valence-electron chi connectivity index (χ2n) is 5.65. The molecule has 0 aromatic rings. The normalized spacial score (nSPS) is 22.5. The van der Waals surface area contributed by atoms with Gasteiger partial charge in [-0.3, -0.25) is 9.98 Å². The monoisotopic (exact) mass is 320 g/mol. The zero-order valence-electron chi connectivity index (χ0n) is 13.7. The molecule has 2 saturated heterocycles. The molecule has 0 aromatic carbocycles. The molecule has 0 amide bonds. The number of guanidine groups is 2. The molecule has 4 aliphatic rings. The fourth-order valence-corrected chi connectivity index (χ4v) is 3.02. The number of aliphatic imine (C=N–C) groups is 2. The Morgan fingerprint density at radius 2 is 1.09 bits per heavy atom. The topological polar surface area (TPSA) is 55.3 Å². The van der Waals surface area contributed by atoms with E-state index in [0.29, 0.717) is 0 Å². The van der Waals surface area contributed by atoms with Crippen LogP contribution < -0.4 is 41.9 Å². The largest absolute Gasteiger partial charge is 1.00 e. The Kier molecular flexibility index (Phi) is 9.07. The van der Waals surface area contributed by atoms with Crippen molar-refractivity contribution in [2.75, 3.05) is 52.4 Å². The van der Waals surface area contributed by atoms with Crippen molar-refractivity contribution in [3.63, 3.8) is 0 Å². The molecule has 0 radical (unpaired) electrons. The Hall–Kier alpha value is -0.573. The number of nitrogens with one attached hydrogen (secondary N) is 2. The third kappa shape index (κ3) is 5.26. The zero-order valence-corrected chi connectivity index (χ0v) is 14.4. The van der Waals surface area contributed by atoms with Gasteiger partial charge in [-0.2, -0.15) is 0 Å². The SMILES string of the molecule is C1CN=C2NCCCN2C1.C1CN=C2NCCCN2C1.[Cl-].[Li+]. The van der Waals surface area contributed by atoms with E-state index in [1.165, 1.54) is 51.9 Å². The fraction of sp³-hybridized carbons (Fsp3) is 0.857. The molecule has 8 heteroatoms. The summed E-state index contributed by atoms with van der Waals surface area (Å²) in [5.74, 6) is 2.27. The minimum Gasteiger partial charge on any atom is -1.00 e. The second-order valence-corrected chi connectivity index (χ2v) is 5.65.